The number of ketones is 1. The number of anilines is 1. The number of rotatable bonds is 6. The van der Waals surface area contributed by atoms with E-state index in [9.17, 15) is 4.79 Å². The molecule has 6 heteroatoms. The lowest BCUT2D eigenvalue weighted by atomic mass is 9.92. The van der Waals surface area contributed by atoms with Crippen LogP contribution in [-0.4, -0.2) is 70.9 Å². The summed E-state index contributed by atoms with van der Waals surface area (Å²) in [7, 11) is 2.21. The van der Waals surface area contributed by atoms with E-state index in [2.05, 4.69) is 35.6 Å². The molecular formula is C21H33N5O. The van der Waals surface area contributed by atoms with Gasteiger partial charge in [-0.05, 0) is 39.3 Å². The van der Waals surface area contributed by atoms with Gasteiger partial charge in [0.1, 0.15) is 5.78 Å². The first-order chi connectivity index (χ1) is 13.0. The third-order valence-corrected chi connectivity index (χ3v) is 6.77. The van der Waals surface area contributed by atoms with Gasteiger partial charge in [-0.3, -0.25) is 9.69 Å². The minimum atomic E-state index is 0.191. The lowest BCUT2D eigenvalue weighted by Gasteiger charge is -2.39. The number of fused-ring (bicyclic) bond motifs is 2. The van der Waals surface area contributed by atoms with Crippen molar-refractivity contribution < 1.29 is 4.79 Å². The summed E-state index contributed by atoms with van der Waals surface area (Å²) in [5.74, 6) is 1.74. The third-order valence-electron chi connectivity index (χ3n) is 6.77. The molecular weight excluding hydrogens is 338 g/mol. The molecule has 0 saturated carbocycles. The predicted molar refractivity (Wildman–Crippen MR) is 107 cm³/mol. The van der Waals surface area contributed by atoms with Crippen LogP contribution in [0.5, 0.6) is 0 Å². The monoisotopic (exact) mass is 371 g/mol. The van der Waals surface area contributed by atoms with Gasteiger partial charge in [0.2, 0.25) is 5.95 Å². The number of carbonyl (C=O) groups is 1. The average Bonchev–Trinajstić information content (AvgIpc) is 3.24. The summed E-state index contributed by atoms with van der Waals surface area (Å²) in [5.41, 5.74) is 1.15. The van der Waals surface area contributed by atoms with Crippen molar-refractivity contribution in [2.24, 2.45) is 11.8 Å². The smallest absolute Gasteiger partial charge is 0.225 e. The van der Waals surface area contributed by atoms with Crippen LogP contribution in [0.2, 0.25) is 0 Å². The highest BCUT2D eigenvalue weighted by atomic mass is 16.1. The van der Waals surface area contributed by atoms with E-state index in [1.807, 2.05) is 12.4 Å². The quantitative estimate of drug-likeness (QED) is 0.764. The second-order valence-corrected chi connectivity index (χ2v) is 8.84. The summed E-state index contributed by atoms with van der Waals surface area (Å²) in [6.45, 7) is 9.11. The van der Waals surface area contributed by atoms with Crippen LogP contribution in [0.1, 0.15) is 45.1 Å². The van der Waals surface area contributed by atoms with Crippen LogP contribution < -0.4 is 4.90 Å². The molecule has 27 heavy (non-hydrogen) atoms. The molecule has 2 bridgehead atoms. The van der Waals surface area contributed by atoms with Gasteiger partial charge in [-0.25, -0.2) is 9.97 Å². The number of carbonyl (C=O) groups excluding carboxylic acids is 1. The van der Waals surface area contributed by atoms with Crippen molar-refractivity contribution in [2.75, 3.05) is 38.1 Å². The van der Waals surface area contributed by atoms with E-state index in [-0.39, 0.29) is 11.8 Å². The molecule has 1 aromatic rings. The Morgan fingerprint density at radius 3 is 2.44 bits per heavy atom. The van der Waals surface area contributed by atoms with Crippen molar-refractivity contribution in [3.8, 4) is 0 Å². The fraction of sp³-hybridized carbons (Fsp3) is 0.762. The molecule has 0 aliphatic carbocycles. The molecule has 0 radical (unpaired) electrons. The second kappa shape index (κ2) is 7.84. The maximum absolute atomic E-state index is 12.4. The van der Waals surface area contributed by atoms with Crippen molar-refractivity contribution in [1.82, 2.24) is 19.8 Å². The summed E-state index contributed by atoms with van der Waals surface area (Å²) >= 11 is 0. The molecule has 148 valence electrons. The van der Waals surface area contributed by atoms with Gasteiger partial charge < -0.3 is 9.80 Å². The summed E-state index contributed by atoms with van der Waals surface area (Å²) < 4.78 is 0. The fourth-order valence-electron chi connectivity index (χ4n) is 5.07. The molecule has 3 fully saturated rings. The topological polar surface area (TPSA) is 52.6 Å². The van der Waals surface area contributed by atoms with Gasteiger partial charge in [0.05, 0.1) is 0 Å². The molecule has 1 aromatic heterocycles. The van der Waals surface area contributed by atoms with E-state index in [1.165, 1.54) is 12.8 Å². The molecule has 0 amide bonds. The molecule has 3 unspecified atom stereocenters. The Morgan fingerprint density at radius 1 is 1.15 bits per heavy atom. The highest BCUT2D eigenvalue weighted by Crippen LogP contribution is 2.32. The molecule has 0 spiro atoms. The highest BCUT2D eigenvalue weighted by molar-refractivity contribution is 5.83. The first-order valence-corrected chi connectivity index (χ1v) is 10.6. The number of aromatic nitrogens is 2. The predicted octanol–water partition coefficient (Wildman–Crippen LogP) is 2.20. The Labute approximate surface area is 162 Å². The van der Waals surface area contributed by atoms with Gasteiger partial charge in [-0.2, -0.15) is 0 Å². The standard InChI is InChI=1S/C21H33N5O/c1-4-15(2)20(27)17-7-8-25(12-17)11-16-9-22-21(23-10-16)26-18-5-6-19(26)14-24(3)13-18/h9-10,15,17-19H,4-8,11-14H2,1-3H3/t15?,17-,18?,19?/m1/s1. The molecule has 0 aromatic carbocycles. The van der Waals surface area contributed by atoms with Crippen LogP contribution in [0, 0.1) is 11.8 Å². The number of Topliss-reactive ketones (excluding diaryl/α,β-unsaturated/α-hetero) is 1. The van der Waals surface area contributed by atoms with E-state index >= 15 is 0 Å². The number of likely N-dealkylation sites (N-methyl/N-ethyl adjacent to an activating group) is 1. The van der Waals surface area contributed by atoms with Gasteiger partial charge >= 0.3 is 0 Å². The van der Waals surface area contributed by atoms with Crippen LogP contribution >= 0.6 is 0 Å². The van der Waals surface area contributed by atoms with Gasteiger partial charge in [-0.1, -0.05) is 13.8 Å². The van der Waals surface area contributed by atoms with Crippen LogP contribution in [0.4, 0.5) is 5.95 Å². The minimum absolute atomic E-state index is 0.191. The summed E-state index contributed by atoms with van der Waals surface area (Å²) in [5, 5.41) is 0. The third kappa shape index (κ3) is 3.87. The summed E-state index contributed by atoms with van der Waals surface area (Å²) in [4.78, 5) is 29.1. The van der Waals surface area contributed by atoms with Crippen molar-refractivity contribution in [3.63, 3.8) is 0 Å². The first-order valence-electron chi connectivity index (χ1n) is 10.6. The molecule has 4 atom stereocenters. The minimum Gasteiger partial charge on any atom is -0.332 e. The Kier molecular flexibility index (Phi) is 5.46. The Bertz CT molecular complexity index is 649. The van der Waals surface area contributed by atoms with Crippen LogP contribution in [0.15, 0.2) is 12.4 Å². The van der Waals surface area contributed by atoms with Crippen LogP contribution in [-0.2, 0) is 11.3 Å². The van der Waals surface area contributed by atoms with Crippen molar-refractivity contribution in [2.45, 2.75) is 58.2 Å². The molecule has 3 saturated heterocycles. The van der Waals surface area contributed by atoms with Gasteiger partial charge in [0, 0.05) is 68.1 Å². The SMILES string of the molecule is CCC(C)C(=O)[C@@H]1CCN(Cc2cnc(N3C4CCC3CN(C)C4)nc2)C1. The summed E-state index contributed by atoms with van der Waals surface area (Å²) in [6.07, 6.45) is 8.42. The van der Waals surface area contributed by atoms with Crippen LogP contribution in [0.25, 0.3) is 0 Å². The maximum Gasteiger partial charge on any atom is 0.225 e. The Hall–Kier alpha value is -1.53. The normalized spacial score (nSPS) is 30.0. The van der Waals surface area contributed by atoms with Gasteiger partial charge in [0.15, 0.2) is 0 Å². The highest BCUT2D eigenvalue weighted by Gasteiger charge is 2.40. The lowest BCUT2D eigenvalue weighted by Crippen LogP contribution is -2.53. The Morgan fingerprint density at radius 2 is 1.81 bits per heavy atom. The number of hydrogen-bond acceptors (Lipinski definition) is 6. The van der Waals surface area contributed by atoms with Crippen molar-refractivity contribution in [3.05, 3.63) is 18.0 Å². The molecule has 0 N–H and O–H groups in total. The van der Waals surface area contributed by atoms with Crippen molar-refractivity contribution >= 4 is 11.7 Å². The largest absolute Gasteiger partial charge is 0.332 e. The zero-order chi connectivity index (χ0) is 19.0. The molecule has 3 aliphatic heterocycles. The maximum atomic E-state index is 12.4. The number of nitrogens with zero attached hydrogens (tertiary/aromatic N) is 5. The van der Waals surface area contributed by atoms with E-state index < -0.39 is 0 Å². The zero-order valence-electron chi connectivity index (χ0n) is 17.0. The number of piperazine rings is 1. The second-order valence-electron chi connectivity index (χ2n) is 8.84. The van der Waals surface area contributed by atoms with Crippen molar-refractivity contribution in [1.29, 1.82) is 0 Å². The van der Waals surface area contributed by atoms with Gasteiger partial charge in [0.25, 0.3) is 0 Å². The average molecular weight is 372 g/mol. The number of likely N-dealkylation sites (tertiary alicyclic amines) is 2. The first kappa shape index (κ1) is 18.8. The molecule has 4 heterocycles. The van der Waals surface area contributed by atoms with E-state index in [0.29, 0.717) is 17.9 Å². The lowest BCUT2D eigenvalue weighted by molar-refractivity contribution is -0.126. The molecule has 3 aliphatic rings. The van der Waals surface area contributed by atoms with E-state index in [4.69, 9.17) is 9.97 Å². The van der Waals surface area contributed by atoms with Gasteiger partial charge in [-0.15, -0.1) is 0 Å². The zero-order valence-corrected chi connectivity index (χ0v) is 17.0. The molecule has 6 nitrogen and oxygen atoms in total. The number of hydrogen-bond donors (Lipinski definition) is 0. The van der Waals surface area contributed by atoms with Crippen LogP contribution in [0.3, 0.4) is 0 Å². The summed E-state index contributed by atoms with van der Waals surface area (Å²) in [6, 6.07) is 1.12. The molecule has 4 rings (SSSR count). The Balaban J connectivity index is 1.35. The fourth-order valence-corrected chi connectivity index (χ4v) is 5.07. The van der Waals surface area contributed by atoms with E-state index in [0.717, 1.165) is 57.1 Å². The van der Waals surface area contributed by atoms with E-state index in [1.54, 1.807) is 0 Å².